The van der Waals surface area contributed by atoms with Crippen molar-refractivity contribution < 1.29 is 9.53 Å². The third kappa shape index (κ3) is 2.80. The van der Waals surface area contributed by atoms with Crippen LogP contribution in [0.25, 0.3) is 0 Å². The topological polar surface area (TPSA) is 41.6 Å². The molecule has 1 atom stereocenters. The molecule has 17 heavy (non-hydrogen) atoms. The van der Waals surface area contributed by atoms with Gasteiger partial charge in [0.15, 0.2) is 0 Å². The molecule has 1 N–H and O–H groups in total. The lowest BCUT2D eigenvalue weighted by atomic mass is 9.99. The standard InChI is InChI=1S/C13H24N2O2/c1-3-13(2)12(16)15(10-14-13)8-9-17-11-6-4-5-7-11/h11,14H,3-10H2,1-2H3. The van der Waals surface area contributed by atoms with E-state index in [9.17, 15) is 4.79 Å². The third-order valence-electron chi connectivity index (χ3n) is 4.14. The molecule has 1 saturated carbocycles. The van der Waals surface area contributed by atoms with Crippen LogP contribution in [0, 0.1) is 0 Å². The van der Waals surface area contributed by atoms with Gasteiger partial charge in [0.1, 0.15) is 0 Å². The summed E-state index contributed by atoms with van der Waals surface area (Å²) in [6.07, 6.45) is 6.26. The van der Waals surface area contributed by atoms with Gasteiger partial charge in [-0.15, -0.1) is 0 Å². The average molecular weight is 240 g/mol. The smallest absolute Gasteiger partial charge is 0.243 e. The molecular weight excluding hydrogens is 216 g/mol. The number of carbonyl (C=O) groups is 1. The van der Waals surface area contributed by atoms with Crippen molar-refractivity contribution in [2.75, 3.05) is 19.8 Å². The van der Waals surface area contributed by atoms with Gasteiger partial charge in [-0.05, 0) is 26.2 Å². The molecule has 0 aromatic carbocycles. The molecule has 1 heterocycles. The minimum absolute atomic E-state index is 0.218. The Morgan fingerprint density at radius 2 is 2.18 bits per heavy atom. The number of nitrogens with one attached hydrogen (secondary N) is 1. The van der Waals surface area contributed by atoms with Crippen molar-refractivity contribution in [1.82, 2.24) is 10.2 Å². The minimum Gasteiger partial charge on any atom is -0.376 e. The maximum Gasteiger partial charge on any atom is 0.243 e. The second-order valence-corrected chi connectivity index (χ2v) is 5.37. The first-order valence-electron chi connectivity index (χ1n) is 6.82. The number of ether oxygens (including phenoxy) is 1. The first-order valence-corrected chi connectivity index (χ1v) is 6.82. The SMILES string of the molecule is CCC1(C)NCN(CCOC2CCCC2)C1=O. The van der Waals surface area contributed by atoms with Crippen molar-refractivity contribution in [1.29, 1.82) is 0 Å². The second kappa shape index (κ2) is 5.36. The highest BCUT2D eigenvalue weighted by Crippen LogP contribution is 2.22. The van der Waals surface area contributed by atoms with Crippen LogP contribution in [0.15, 0.2) is 0 Å². The van der Waals surface area contributed by atoms with Crippen molar-refractivity contribution in [2.24, 2.45) is 0 Å². The van der Waals surface area contributed by atoms with Crippen LogP contribution in [0.2, 0.25) is 0 Å². The Bertz CT molecular complexity index is 277. The van der Waals surface area contributed by atoms with Crippen molar-refractivity contribution in [2.45, 2.75) is 57.6 Å². The van der Waals surface area contributed by atoms with Gasteiger partial charge in [0.05, 0.1) is 24.9 Å². The molecule has 1 aliphatic heterocycles. The monoisotopic (exact) mass is 240 g/mol. The number of amides is 1. The predicted molar refractivity (Wildman–Crippen MR) is 66.6 cm³/mol. The molecule has 0 radical (unpaired) electrons. The molecule has 1 saturated heterocycles. The lowest BCUT2D eigenvalue weighted by Gasteiger charge is -2.21. The Balaban J connectivity index is 1.71. The van der Waals surface area contributed by atoms with Gasteiger partial charge in [0.25, 0.3) is 0 Å². The summed E-state index contributed by atoms with van der Waals surface area (Å²) < 4.78 is 5.79. The number of rotatable bonds is 5. The molecule has 1 amide bonds. The number of hydrogen-bond donors (Lipinski definition) is 1. The lowest BCUT2D eigenvalue weighted by Crippen LogP contribution is -2.43. The fourth-order valence-electron chi connectivity index (χ4n) is 2.61. The van der Waals surface area contributed by atoms with E-state index in [0.717, 1.165) is 13.0 Å². The first kappa shape index (κ1) is 12.8. The van der Waals surface area contributed by atoms with Crippen molar-refractivity contribution in [3.8, 4) is 0 Å². The van der Waals surface area contributed by atoms with E-state index in [2.05, 4.69) is 5.32 Å². The van der Waals surface area contributed by atoms with Crippen LogP contribution in [0.5, 0.6) is 0 Å². The maximum atomic E-state index is 12.1. The molecular formula is C13H24N2O2. The Morgan fingerprint density at radius 1 is 1.47 bits per heavy atom. The normalized spacial score (nSPS) is 30.5. The highest BCUT2D eigenvalue weighted by molar-refractivity contribution is 5.87. The number of carbonyl (C=O) groups excluding carboxylic acids is 1. The fraction of sp³-hybridized carbons (Fsp3) is 0.923. The molecule has 1 aliphatic carbocycles. The highest BCUT2D eigenvalue weighted by atomic mass is 16.5. The molecule has 0 bridgehead atoms. The van der Waals surface area contributed by atoms with Gasteiger partial charge in [0, 0.05) is 6.54 Å². The Morgan fingerprint density at radius 3 is 2.76 bits per heavy atom. The lowest BCUT2D eigenvalue weighted by molar-refractivity contribution is -0.132. The van der Waals surface area contributed by atoms with Crippen LogP contribution >= 0.6 is 0 Å². The molecule has 4 nitrogen and oxygen atoms in total. The van der Waals surface area contributed by atoms with Crippen LogP contribution < -0.4 is 5.32 Å². The van der Waals surface area contributed by atoms with Crippen LogP contribution in [0.1, 0.15) is 46.0 Å². The summed E-state index contributed by atoms with van der Waals surface area (Å²) in [6.45, 7) is 6.09. The summed E-state index contributed by atoms with van der Waals surface area (Å²) in [5.74, 6) is 0.218. The van der Waals surface area contributed by atoms with Gasteiger partial charge in [0.2, 0.25) is 5.91 Å². The van der Waals surface area contributed by atoms with E-state index in [1.54, 1.807) is 0 Å². The highest BCUT2D eigenvalue weighted by Gasteiger charge is 2.40. The number of nitrogens with zero attached hydrogens (tertiary/aromatic N) is 1. The molecule has 0 aromatic heterocycles. The molecule has 2 aliphatic rings. The molecule has 0 spiro atoms. The Hall–Kier alpha value is -0.610. The average Bonchev–Trinajstić information content (AvgIpc) is 2.93. The maximum absolute atomic E-state index is 12.1. The van der Waals surface area contributed by atoms with Crippen molar-refractivity contribution in [3.63, 3.8) is 0 Å². The summed E-state index contributed by atoms with van der Waals surface area (Å²) in [6, 6.07) is 0. The zero-order chi connectivity index (χ0) is 12.3. The zero-order valence-corrected chi connectivity index (χ0v) is 11.0. The largest absolute Gasteiger partial charge is 0.376 e. The van der Waals surface area contributed by atoms with Crippen LogP contribution in [0.4, 0.5) is 0 Å². The van der Waals surface area contributed by atoms with Crippen LogP contribution in [-0.2, 0) is 9.53 Å². The van der Waals surface area contributed by atoms with Gasteiger partial charge in [-0.25, -0.2) is 0 Å². The van der Waals surface area contributed by atoms with E-state index < -0.39 is 0 Å². The van der Waals surface area contributed by atoms with Crippen LogP contribution in [-0.4, -0.2) is 42.3 Å². The Kier molecular flexibility index (Phi) is 4.05. The van der Waals surface area contributed by atoms with Gasteiger partial charge >= 0.3 is 0 Å². The quantitative estimate of drug-likeness (QED) is 0.792. The Labute approximate surface area is 104 Å². The van der Waals surface area contributed by atoms with E-state index in [0.29, 0.717) is 19.4 Å². The van der Waals surface area contributed by atoms with Gasteiger partial charge < -0.3 is 9.64 Å². The van der Waals surface area contributed by atoms with Crippen molar-refractivity contribution >= 4 is 5.91 Å². The second-order valence-electron chi connectivity index (χ2n) is 5.37. The molecule has 2 fully saturated rings. The first-order chi connectivity index (χ1) is 8.15. The summed E-state index contributed by atoms with van der Waals surface area (Å²) in [5, 5.41) is 3.28. The van der Waals surface area contributed by atoms with E-state index in [1.807, 2.05) is 18.7 Å². The van der Waals surface area contributed by atoms with Gasteiger partial charge in [-0.2, -0.15) is 0 Å². The molecule has 1 unspecified atom stereocenters. The molecule has 98 valence electrons. The molecule has 4 heteroatoms. The fourth-order valence-corrected chi connectivity index (χ4v) is 2.61. The summed E-state index contributed by atoms with van der Waals surface area (Å²) >= 11 is 0. The summed E-state index contributed by atoms with van der Waals surface area (Å²) in [4.78, 5) is 14.0. The molecule has 2 rings (SSSR count). The predicted octanol–water partition coefficient (Wildman–Crippen LogP) is 1.50. The van der Waals surface area contributed by atoms with E-state index in [-0.39, 0.29) is 11.4 Å². The van der Waals surface area contributed by atoms with E-state index in [4.69, 9.17) is 4.74 Å². The number of hydrogen-bond acceptors (Lipinski definition) is 3. The van der Waals surface area contributed by atoms with Crippen molar-refractivity contribution in [3.05, 3.63) is 0 Å². The molecule has 0 aromatic rings. The summed E-state index contributed by atoms with van der Waals surface area (Å²) in [7, 11) is 0. The van der Waals surface area contributed by atoms with Gasteiger partial charge in [-0.3, -0.25) is 10.1 Å². The van der Waals surface area contributed by atoms with E-state index in [1.165, 1.54) is 25.7 Å². The van der Waals surface area contributed by atoms with E-state index >= 15 is 0 Å². The minimum atomic E-state index is -0.354. The van der Waals surface area contributed by atoms with Gasteiger partial charge in [-0.1, -0.05) is 19.8 Å². The third-order valence-corrected chi connectivity index (χ3v) is 4.14. The van der Waals surface area contributed by atoms with Crippen LogP contribution in [0.3, 0.4) is 0 Å². The zero-order valence-electron chi connectivity index (χ0n) is 11.0. The summed E-state index contributed by atoms with van der Waals surface area (Å²) in [5.41, 5.74) is -0.354.